The summed E-state index contributed by atoms with van der Waals surface area (Å²) in [5, 5.41) is 14.9. The van der Waals surface area contributed by atoms with Crippen LogP contribution in [0.5, 0.6) is 0 Å². The first-order valence-corrected chi connectivity index (χ1v) is 17.5. The molecule has 0 aliphatic rings. The van der Waals surface area contributed by atoms with E-state index in [-0.39, 0.29) is 19.6 Å². The van der Waals surface area contributed by atoms with Crippen LogP contribution in [0.2, 0.25) is 0 Å². The minimum atomic E-state index is -4.64. The molecule has 0 aliphatic carbocycles. The maximum Gasteiger partial charge on any atom is 0.449 e. The molecule has 2 aromatic carbocycles. The van der Waals surface area contributed by atoms with Crippen molar-refractivity contribution in [2.75, 3.05) is 4.43 Å². The molecule has 0 spiro atoms. The quantitative estimate of drug-likeness (QED) is 0.0930. The summed E-state index contributed by atoms with van der Waals surface area (Å²) >= 11 is 2.02. The Kier molecular flexibility index (Phi) is 20.5. The van der Waals surface area contributed by atoms with Crippen molar-refractivity contribution < 1.29 is 61.2 Å². The van der Waals surface area contributed by atoms with Gasteiger partial charge in [-0.15, -0.1) is 0 Å². The van der Waals surface area contributed by atoms with Gasteiger partial charge < -0.3 is 34.7 Å². The van der Waals surface area contributed by atoms with Gasteiger partial charge in [-0.2, -0.15) is 13.2 Å². The molecule has 52 heavy (non-hydrogen) atoms. The van der Waals surface area contributed by atoms with Gasteiger partial charge in [-0.1, -0.05) is 83.3 Å². The third-order valence-electron chi connectivity index (χ3n) is 5.65. The molecule has 2 amide bonds. The van der Waals surface area contributed by atoms with E-state index in [9.17, 15) is 42.3 Å². The number of benzene rings is 2. The van der Waals surface area contributed by atoms with Crippen molar-refractivity contribution in [2.24, 2.45) is 0 Å². The van der Waals surface area contributed by atoms with E-state index in [0.717, 1.165) is 11.1 Å². The number of ketones is 1. The number of hydrogen-bond acceptors (Lipinski definition) is 10. The van der Waals surface area contributed by atoms with Crippen LogP contribution >= 0.6 is 22.6 Å². The molecule has 16 heteroatoms. The number of nitrogens with one attached hydrogen (secondary N) is 2. The first kappa shape index (κ1) is 48.1. The van der Waals surface area contributed by atoms with Crippen LogP contribution in [0.3, 0.4) is 0 Å². The number of carbonyl (C=O) groups excluding carboxylic acids is 5. The maximum atomic E-state index is 12.2. The number of Topliss-reactive ketones (excluding diaryl/α,β-unsaturated/α-hetero) is 1. The normalized spacial score (nSPS) is 12.6. The predicted octanol–water partition coefficient (Wildman–Crippen LogP) is 6.98. The topological polar surface area (TPSA) is 167 Å². The van der Waals surface area contributed by atoms with Gasteiger partial charge >= 0.3 is 30.3 Å². The molecule has 12 nitrogen and oxygen atoms in total. The van der Waals surface area contributed by atoms with Gasteiger partial charge in [0.2, 0.25) is 5.78 Å². The Morgan fingerprint density at radius 3 is 1.29 bits per heavy atom. The van der Waals surface area contributed by atoms with E-state index in [1.807, 2.05) is 83.3 Å². The highest BCUT2D eigenvalue weighted by atomic mass is 127. The summed E-state index contributed by atoms with van der Waals surface area (Å²) in [6, 6.07) is 16.8. The van der Waals surface area contributed by atoms with E-state index in [2.05, 4.69) is 10.6 Å². The van der Waals surface area contributed by atoms with Gasteiger partial charge in [0.25, 0.3) is 0 Å². The predicted molar refractivity (Wildman–Crippen MR) is 195 cm³/mol. The number of halogens is 4. The minimum absolute atomic E-state index is 0.0162. The van der Waals surface area contributed by atoms with Crippen molar-refractivity contribution in [3.8, 4) is 0 Å². The molecule has 2 rings (SSSR count). The van der Waals surface area contributed by atoms with Crippen molar-refractivity contribution in [1.29, 1.82) is 0 Å². The number of esters is 2. The van der Waals surface area contributed by atoms with Crippen LogP contribution in [-0.4, -0.2) is 74.5 Å². The first-order chi connectivity index (χ1) is 23.7. The molecule has 0 heterocycles. The van der Waals surface area contributed by atoms with Crippen LogP contribution in [-0.2, 0) is 46.5 Å². The molecule has 0 unspecified atom stereocenters. The second-order valence-corrected chi connectivity index (χ2v) is 14.7. The van der Waals surface area contributed by atoms with E-state index >= 15 is 0 Å². The largest absolute Gasteiger partial charge is 0.458 e. The summed E-state index contributed by atoms with van der Waals surface area (Å²) in [5.74, 6) is -2.83. The zero-order valence-corrected chi connectivity index (χ0v) is 33.0. The number of rotatable bonds is 11. The zero-order valence-electron chi connectivity index (χ0n) is 30.9. The monoisotopic (exact) mass is 854 g/mol. The fourth-order valence-electron chi connectivity index (χ4n) is 3.41. The smallest absolute Gasteiger partial charge is 0.449 e. The summed E-state index contributed by atoms with van der Waals surface area (Å²) in [4.78, 5) is 57.2. The Bertz CT molecular complexity index is 1410. The molecule has 0 radical (unpaired) electrons. The SMILES string of the molecule is CC(=O)C(F)(F)F.CC(C)(C)OC(=O)[C@H](CI)NC(=O)OCc1ccccc1.CC(C)(O)C[C@H](NC(=O)OCc1ccccc1)C(=O)OC(C)(C)C. The number of alkyl halides is 4. The highest BCUT2D eigenvalue weighted by Gasteiger charge is 2.34. The van der Waals surface area contributed by atoms with Crippen LogP contribution < -0.4 is 10.6 Å². The highest BCUT2D eigenvalue weighted by Crippen LogP contribution is 2.17. The van der Waals surface area contributed by atoms with E-state index in [0.29, 0.717) is 11.4 Å². The number of carbonyl (C=O) groups is 5. The second kappa shape index (κ2) is 22.2. The molecular weight excluding hydrogens is 804 g/mol. The van der Waals surface area contributed by atoms with Gasteiger partial charge in [0.05, 0.1) is 5.60 Å². The van der Waals surface area contributed by atoms with Crippen LogP contribution in [0.1, 0.15) is 79.9 Å². The third kappa shape index (κ3) is 25.1. The molecule has 0 aromatic heterocycles. The summed E-state index contributed by atoms with van der Waals surface area (Å²) in [5.41, 5.74) is -0.699. The molecular formula is C36H50F3IN2O10. The fourth-order valence-corrected chi connectivity index (χ4v) is 3.99. The third-order valence-corrected chi connectivity index (χ3v) is 6.53. The Morgan fingerprint density at radius 2 is 1.00 bits per heavy atom. The Hall–Kier alpha value is -3.93. The summed E-state index contributed by atoms with van der Waals surface area (Å²) in [6.07, 6.45) is -5.99. The van der Waals surface area contributed by atoms with Gasteiger partial charge in [-0.25, -0.2) is 19.2 Å². The Balaban J connectivity index is 0.000000851. The molecule has 292 valence electrons. The van der Waals surface area contributed by atoms with Gasteiger partial charge in [0.15, 0.2) is 0 Å². The maximum absolute atomic E-state index is 12.2. The summed E-state index contributed by atoms with van der Waals surface area (Å²) in [6.45, 7) is 14.4. The average Bonchev–Trinajstić information content (AvgIpc) is 3.00. The molecule has 0 aliphatic heterocycles. The standard InChI is InChI=1S/C18H27NO5.C15H20INO4.C3H3F3O/c1-17(2,3)24-15(20)14(11-18(4,5)22)19-16(21)23-12-13-9-7-6-8-10-13;1-15(2,3)21-13(18)12(9-16)17-14(19)20-10-11-7-5-4-6-8-11;1-2(7)3(4,5)6/h6-10,14,22H,11-12H2,1-5H3,(H,19,21);4-8,12H,9-10H2,1-3H3,(H,17,19);1H3/t14-;12-;/m00./s1. The van der Waals surface area contributed by atoms with Gasteiger partial charge in [-0.05, 0) is 66.5 Å². The Morgan fingerprint density at radius 1 is 0.673 bits per heavy atom. The van der Waals surface area contributed by atoms with Gasteiger partial charge in [0, 0.05) is 17.8 Å². The van der Waals surface area contributed by atoms with Crippen molar-refractivity contribution in [3.63, 3.8) is 0 Å². The van der Waals surface area contributed by atoms with Crippen molar-refractivity contribution in [1.82, 2.24) is 10.6 Å². The zero-order chi connectivity index (χ0) is 40.3. The second-order valence-electron chi connectivity index (χ2n) is 13.8. The lowest BCUT2D eigenvalue weighted by atomic mass is 9.99. The van der Waals surface area contributed by atoms with E-state index in [1.165, 1.54) is 0 Å². The lowest BCUT2D eigenvalue weighted by Gasteiger charge is -2.28. The molecule has 0 saturated heterocycles. The number of amides is 2. The van der Waals surface area contributed by atoms with Crippen LogP contribution in [0.15, 0.2) is 60.7 Å². The molecule has 2 aromatic rings. The molecule has 2 atom stereocenters. The van der Waals surface area contributed by atoms with E-state index < -0.39 is 65.0 Å². The van der Waals surface area contributed by atoms with Gasteiger partial charge in [0.1, 0.15) is 36.5 Å². The number of ether oxygens (including phenoxy) is 4. The van der Waals surface area contributed by atoms with Crippen molar-refractivity contribution in [2.45, 2.75) is 117 Å². The Labute approximate surface area is 316 Å². The number of aliphatic hydroxyl groups is 1. The van der Waals surface area contributed by atoms with E-state index in [4.69, 9.17) is 18.9 Å². The van der Waals surface area contributed by atoms with E-state index in [1.54, 1.807) is 55.4 Å². The first-order valence-electron chi connectivity index (χ1n) is 16.0. The highest BCUT2D eigenvalue weighted by molar-refractivity contribution is 14.1. The van der Waals surface area contributed by atoms with Gasteiger partial charge in [-0.3, -0.25) is 4.79 Å². The van der Waals surface area contributed by atoms with Crippen LogP contribution in [0.4, 0.5) is 22.8 Å². The lowest BCUT2D eigenvalue weighted by molar-refractivity contribution is -0.168. The van der Waals surface area contributed by atoms with Crippen LogP contribution in [0, 0.1) is 0 Å². The number of hydrogen-bond donors (Lipinski definition) is 3. The van der Waals surface area contributed by atoms with Crippen molar-refractivity contribution >= 4 is 52.5 Å². The average molecular weight is 855 g/mol. The summed E-state index contributed by atoms with van der Waals surface area (Å²) in [7, 11) is 0. The minimum Gasteiger partial charge on any atom is -0.458 e. The van der Waals surface area contributed by atoms with Crippen LogP contribution in [0.25, 0.3) is 0 Å². The van der Waals surface area contributed by atoms with Crippen molar-refractivity contribution in [3.05, 3.63) is 71.8 Å². The molecule has 0 bridgehead atoms. The summed E-state index contributed by atoms with van der Waals surface area (Å²) < 4.78 is 53.6. The lowest BCUT2D eigenvalue weighted by Crippen LogP contribution is -2.47. The molecule has 3 N–H and O–H groups in total. The molecule has 0 fully saturated rings. The fraction of sp³-hybridized carbons (Fsp3) is 0.528. The molecule has 0 saturated carbocycles. The number of alkyl carbamates (subject to hydrolysis) is 2.